The number of amides is 2. The van der Waals surface area contributed by atoms with Gasteiger partial charge in [0.05, 0.1) is 6.61 Å². The molecule has 0 saturated carbocycles. The van der Waals surface area contributed by atoms with E-state index < -0.39 is 24.5 Å². The van der Waals surface area contributed by atoms with E-state index in [0.29, 0.717) is 19.6 Å². The summed E-state index contributed by atoms with van der Waals surface area (Å²) in [6, 6.07) is 3.29. The predicted octanol–water partition coefficient (Wildman–Crippen LogP) is 1.83. The number of hydrogen-bond donors (Lipinski definition) is 1. The number of aromatic nitrogens is 1. The van der Waals surface area contributed by atoms with Gasteiger partial charge in [0.15, 0.2) is 0 Å². The molecule has 0 bridgehead atoms. The summed E-state index contributed by atoms with van der Waals surface area (Å²) in [5.41, 5.74) is 1.11. The van der Waals surface area contributed by atoms with E-state index in [9.17, 15) is 14.4 Å². The number of carbonyl (C=O) groups excluding carboxylic acids is 3. The standard InChI is InChI=1S/C23H35N5O6/c1-4-32-23(31)34-18(3)33-21(29)17(2)28-11-5-6-19(16-28)25-22(30)27-14-12-26(13-15-27)20-7-9-24-10-8-20/h7-10,17-19H,4-6,11-16H2,1-3H3,(H,25,30). The Morgan fingerprint density at radius 3 is 2.47 bits per heavy atom. The molecule has 0 spiro atoms. The van der Waals surface area contributed by atoms with E-state index in [1.165, 1.54) is 6.92 Å². The van der Waals surface area contributed by atoms with Crippen molar-refractivity contribution < 1.29 is 28.6 Å². The zero-order valence-corrected chi connectivity index (χ0v) is 20.1. The van der Waals surface area contributed by atoms with Crippen molar-refractivity contribution in [3.05, 3.63) is 24.5 Å². The van der Waals surface area contributed by atoms with E-state index in [-0.39, 0.29) is 18.7 Å². The fraction of sp³-hybridized carbons (Fsp3) is 0.652. The molecule has 0 aliphatic carbocycles. The lowest BCUT2D eigenvalue weighted by Gasteiger charge is -2.39. The number of hydrogen-bond acceptors (Lipinski definition) is 9. The van der Waals surface area contributed by atoms with Crippen LogP contribution in [-0.2, 0) is 19.0 Å². The number of ether oxygens (including phenoxy) is 3. The topological polar surface area (TPSA) is 114 Å². The van der Waals surface area contributed by atoms with Crippen molar-refractivity contribution in [3.8, 4) is 0 Å². The zero-order chi connectivity index (χ0) is 24.5. The molecule has 188 valence electrons. The van der Waals surface area contributed by atoms with Crippen molar-refractivity contribution in [2.75, 3.05) is 50.8 Å². The van der Waals surface area contributed by atoms with Gasteiger partial charge in [-0.2, -0.15) is 0 Å². The third kappa shape index (κ3) is 7.21. The number of rotatable bonds is 7. The highest BCUT2D eigenvalue weighted by atomic mass is 16.8. The van der Waals surface area contributed by atoms with E-state index >= 15 is 0 Å². The number of nitrogens with zero attached hydrogens (tertiary/aromatic N) is 4. The van der Waals surface area contributed by atoms with Gasteiger partial charge in [-0.15, -0.1) is 0 Å². The van der Waals surface area contributed by atoms with Gasteiger partial charge in [0.25, 0.3) is 0 Å². The first-order valence-electron chi connectivity index (χ1n) is 11.9. The first-order chi connectivity index (χ1) is 16.4. The summed E-state index contributed by atoms with van der Waals surface area (Å²) < 4.78 is 14.8. The molecule has 2 aliphatic rings. The average molecular weight is 478 g/mol. The second-order valence-corrected chi connectivity index (χ2v) is 8.44. The lowest BCUT2D eigenvalue weighted by molar-refractivity contribution is -0.173. The monoisotopic (exact) mass is 477 g/mol. The van der Waals surface area contributed by atoms with Gasteiger partial charge in [0.1, 0.15) is 6.04 Å². The van der Waals surface area contributed by atoms with E-state index in [2.05, 4.69) is 19.9 Å². The summed E-state index contributed by atoms with van der Waals surface area (Å²) in [5.74, 6) is -0.490. The Bertz CT molecular complexity index is 817. The molecule has 1 aromatic heterocycles. The van der Waals surface area contributed by atoms with Crippen LogP contribution in [-0.4, -0.2) is 97.2 Å². The molecule has 3 unspecified atom stereocenters. The Kier molecular flexibility index (Phi) is 9.32. The molecule has 2 saturated heterocycles. The van der Waals surface area contributed by atoms with Crippen LogP contribution in [0.15, 0.2) is 24.5 Å². The largest absolute Gasteiger partial charge is 0.511 e. The highest BCUT2D eigenvalue weighted by Crippen LogP contribution is 2.17. The van der Waals surface area contributed by atoms with E-state index in [0.717, 1.165) is 38.2 Å². The molecule has 0 radical (unpaired) electrons. The molecule has 3 rings (SSSR count). The number of pyridine rings is 1. The fourth-order valence-corrected chi connectivity index (χ4v) is 4.19. The van der Waals surface area contributed by atoms with Crippen molar-refractivity contribution in [3.63, 3.8) is 0 Å². The molecule has 1 aromatic rings. The van der Waals surface area contributed by atoms with Gasteiger partial charge in [-0.3, -0.25) is 14.7 Å². The Hall–Kier alpha value is -3.08. The molecule has 3 heterocycles. The molecule has 2 fully saturated rings. The summed E-state index contributed by atoms with van der Waals surface area (Å²) >= 11 is 0. The summed E-state index contributed by atoms with van der Waals surface area (Å²) in [4.78, 5) is 46.8. The van der Waals surface area contributed by atoms with Crippen LogP contribution in [0.3, 0.4) is 0 Å². The van der Waals surface area contributed by atoms with Gasteiger partial charge in [0.2, 0.25) is 6.29 Å². The van der Waals surface area contributed by atoms with Gasteiger partial charge < -0.3 is 29.3 Å². The number of piperidine rings is 1. The molecular weight excluding hydrogens is 442 g/mol. The number of piperazine rings is 1. The number of likely N-dealkylation sites (tertiary alicyclic amines) is 1. The van der Waals surface area contributed by atoms with Crippen molar-refractivity contribution in [1.29, 1.82) is 0 Å². The zero-order valence-electron chi connectivity index (χ0n) is 20.1. The maximum Gasteiger partial charge on any atom is 0.511 e. The third-order valence-electron chi connectivity index (χ3n) is 6.07. The highest BCUT2D eigenvalue weighted by molar-refractivity contribution is 5.76. The van der Waals surface area contributed by atoms with Crippen molar-refractivity contribution in [2.24, 2.45) is 0 Å². The molecule has 2 amide bonds. The minimum atomic E-state index is -1.04. The van der Waals surface area contributed by atoms with E-state index in [1.807, 2.05) is 21.9 Å². The Labute approximate surface area is 200 Å². The molecule has 2 aliphatic heterocycles. The molecule has 0 aromatic carbocycles. The van der Waals surface area contributed by atoms with Crippen LogP contribution in [0.2, 0.25) is 0 Å². The lowest BCUT2D eigenvalue weighted by Crippen LogP contribution is -2.57. The average Bonchev–Trinajstić information content (AvgIpc) is 2.84. The fourth-order valence-electron chi connectivity index (χ4n) is 4.19. The molecule has 3 atom stereocenters. The van der Waals surface area contributed by atoms with Crippen LogP contribution in [0.5, 0.6) is 0 Å². The smallest absolute Gasteiger partial charge is 0.435 e. The van der Waals surface area contributed by atoms with Gasteiger partial charge in [-0.05, 0) is 45.4 Å². The Balaban J connectivity index is 1.43. The van der Waals surface area contributed by atoms with Gasteiger partial charge in [0, 0.05) is 63.8 Å². The van der Waals surface area contributed by atoms with Crippen LogP contribution in [0.25, 0.3) is 0 Å². The van der Waals surface area contributed by atoms with E-state index in [4.69, 9.17) is 9.47 Å². The third-order valence-corrected chi connectivity index (χ3v) is 6.07. The second kappa shape index (κ2) is 12.4. The first-order valence-corrected chi connectivity index (χ1v) is 11.9. The van der Waals surface area contributed by atoms with Crippen LogP contribution in [0.1, 0.15) is 33.6 Å². The minimum Gasteiger partial charge on any atom is -0.435 e. The van der Waals surface area contributed by atoms with Crippen LogP contribution >= 0.6 is 0 Å². The number of urea groups is 1. The Morgan fingerprint density at radius 2 is 1.79 bits per heavy atom. The second-order valence-electron chi connectivity index (χ2n) is 8.44. The number of esters is 1. The van der Waals surface area contributed by atoms with Crippen molar-refractivity contribution in [1.82, 2.24) is 20.1 Å². The van der Waals surface area contributed by atoms with Crippen LogP contribution < -0.4 is 10.2 Å². The van der Waals surface area contributed by atoms with E-state index in [1.54, 1.807) is 26.2 Å². The van der Waals surface area contributed by atoms with Crippen LogP contribution in [0, 0.1) is 0 Å². The number of anilines is 1. The number of nitrogens with one attached hydrogen (secondary N) is 1. The maximum atomic E-state index is 12.8. The molecule has 1 N–H and O–H groups in total. The van der Waals surface area contributed by atoms with Gasteiger partial charge in [-0.1, -0.05) is 0 Å². The molecule has 11 nitrogen and oxygen atoms in total. The molecular formula is C23H35N5O6. The maximum absolute atomic E-state index is 12.8. The normalized spacial score (nSPS) is 20.7. The first kappa shape index (κ1) is 25.5. The van der Waals surface area contributed by atoms with Crippen LogP contribution in [0.4, 0.5) is 15.3 Å². The van der Waals surface area contributed by atoms with Crippen molar-refractivity contribution in [2.45, 2.75) is 52.0 Å². The quantitative estimate of drug-likeness (QED) is 0.464. The summed E-state index contributed by atoms with van der Waals surface area (Å²) in [5, 5.41) is 3.13. The predicted molar refractivity (Wildman–Crippen MR) is 124 cm³/mol. The molecule has 34 heavy (non-hydrogen) atoms. The minimum absolute atomic E-state index is 0.0528. The number of carbonyl (C=O) groups is 3. The molecule has 11 heteroatoms. The summed E-state index contributed by atoms with van der Waals surface area (Å²) in [6.07, 6.45) is 3.33. The van der Waals surface area contributed by atoms with Gasteiger partial charge in [-0.25, -0.2) is 9.59 Å². The summed E-state index contributed by atoms with van der Waals surface area (Å²) in [7, 11) is 0. The highest BCUT2D eigenvalue weighted by Gasteiger charge is 2.31. The summed E-state index contributed by atoms with van der Waals surface area (Å²) in [6.45, 7) is 9.15. The SMILES string of the molecule is CCOC(=O)OC(C)OC(=O)C(C)N1CCCC(NC(=O)N2CCN(c3ccncc3)CC2)C1. The van der Waals surface area contributed by atoms with Crippen molar-refractivity contribution >= 4 is 23.8 Å². The van der Waals surface area contributed by atoms with Gasteiger partial charge >= 0.3 is 18.2 Å². The Morgan fingerprint density at radius 1 is 1.09 bits per heavy atom. The lowest BCUT2D eigenvalue weighted by atomic mass is 10.0.